The van der Waals surface area contributed by atoms with Gasteiger partial charge in [0.2, 0.25) is 0 Å². The van der Waals surface area contributed by atoms with Crippen molar-refractivity contribution >= 4 is 33.7 Å². The number of halogens is 1. The number of amides is 1. The number of carbonyl (C=O) groups is 1. The number of nitrogens with zero attached hydrogens (tertiary/aromatic N) is 1. The summed E-state index contributed by atoms with van der Waals surface area (Å²) in [5.74, 6) is 1.07. The molecule has 6 nitrogen and oxygen atoms in total. The first-order chi connectivity index (χ1) is 12.0. The normalized spacial score (nSPS) is 11.8. The molecule has 0 aliphatic heterocycles. The number of para-hydroxylation sites is 2. The van der Waals surface area contributed by atoms with Gasteiger partial charge in [-0.3, -0.25) is 4.79 Å². The highest BCUT2D eigenvalue weighted by Crippen LogP contribution is 2.24. The summed E-state index contributed by atoms with van der Waals surface area (Å²) in [6, 6.07) is 12.5. The summed E-state index contributed by atoms with van der Waals surface area (Å²) in [7, 11) is 3.17. The molecule has 0 aliphatic rings. The molecule has 0 aromatic heterocycles. The zero-order valence-electron chi connectivity index (χ0n) is 14.2. The quantitative estimate of drug-likeness (QED) is 0.546. The second-order valence-electron chi connectivity index (χ2n) is 5.19. The number of hydrogen-bond acceptors (Lipinski definition) is 5. The number of carbonyl (C=O) groups excluding carboxylic acids is 1. The lowest BCUT2D eigenvalue weighted by Crippen LogP contribution is -2.35. The lowest BCUT2D eigenvalue weighted by molar-refractivity contribution is -0.121. The van der Waals surface area contributed by atoms with Gasteiger partial charge in [0.1, 0.15) is 17.5 Å². The van der Waals surface area contributed by atoms with E-state index in [4.69, 9.17) is 9.47 Å². The maximum atomic E-state index is 12.2. The number of rotatable bonds is 7. The van der Waals surface area contributed by atoms with Crippen LogP contribution in [0.4, 0.5) is 5.69 Å². The van der Waals surface area contributed by atoms with Gasteiger partial charge in [-0.15, -0.1) is 0 Å². The predicted octanol–water partition coefficient (Wildman–Crippen LogP) is 3.42. The highest BCUT2D eigenvalue weighted by atomic mass is 79.9. The van der Waals surface area contributed by atoms with Crippen molar-refractivity contribution in [2.24, 2.45) is 5.10 Å². The van der Waals surface area contributed by atoms with Crippen LogP contribution >= 0.6 is 15.9 Å². The number of ether oxygens (including phenoxy) is 2. The maximum absolute atomic E-state index is 12.2. The van der Waals surface area contributed by atoms with Gasteiger partial charge in [-0.25, -0.2) is 5.43 Å². The third-order valence-electron chi connectivity index (χ3n) is 3.44. The van der Waals surface area contributed by atoms with E-state index in [1.807, 2.05) is 42.5 Å². The molecule has 0 heterocycles. The third-order valence-corrected chi connectivity index (χ3v) is 3.94. The monoisotopic (exact) mass is 405 g/mol. The van der Waals surface area contributed by atoms with Crippen molar-refractivity contribution in [3.63, 3.8) is 0 Å². The number of hydrazone groups is 1. The summed E-state index contributed by atoms with van der Waals surface area (Å²) >= 11 is 3.39. The van der Waals surface area contributed by atoms with Crippen molar-refractivity contribution in [3.8, 4) is 11.5 Å². The van der Waals surface area contributed by atoms with Gasteiger partial charge in [0, 0.05) is 10.0 Å². The average Bonchev–Trinajstić information content (AvgIpc) is 2.62. The van der Waals surface area contributed by atoms with E-state index in [1.165, 1.54) is 6.21 Å². The fourth-order valence-electron chi connectivity index (χ4n) is 2.13. The molecule has 1 atom stereocenters. The Hall–Kier alpha value is -2.54. The molecule has 132 valence electrons. The van der Waals surface area contributed by atoms with Gasteiger partial charge in [0.25, 0.3) is 5.91 Å². The first-order valence-electron chi connectivity index (χ1n) is 7.61. The first kappa shape index (κ1) is 18.8. The minimum absolute atomic E-state index is 0.267. The van der Waals surface area contributed by atoms with Crippen LogP contribution < -0.4 is 20.2 Å². The summed E-state index contributed by atoms with van der Waals surface area (Å²) in [5.41, 5.74) is 4.01. The van der Waals surface area contributed by atoms with E-state index in [2.05, 4.69) is 31.8 Å². The van der Waals surface area contributed by atoms with Crippen molar-refractivity contribution in [2.45, 2.75) is 13.0 Å². The Kier molecular flexibility index (Phi) is 6.82. The predicted molar refractivity (Wildman–Crippen MR) is 103 cm³/mol. The molecule has 2 N–H and O–H groups in total. The van der Waals surface area contributed by atoms with Crippen molar-refractivity contribution in [2.75, 3.05) is 19.5 Å². The molecule has 0 saturated heterocycles. The highest BCUT2D eigenvalue weighted by molar-refractivity contribution is 9.10. The molecular formula is C18H20BrN3O3. The number of hydrogen-bond donors (Lipinski definition) is 2. The Morgan fingerprint density at radius 2 is 1.88 bits per heavy atom. The van der Waals surface area contributed by atoms with Crippen LogP contribution in [0.25, 0.3) is 0 Å². The van der Waals surface area contributed by atoms with E-state index in [9.17, 15) is 4.79 Å². The Bertz CT molecular complexity index is 765. The second-order valence-corrected chi connectivity index (χ2v) is 6.10. The van der Waals surface area contributed by atoms with Crippen molar-refractivity contribution in [3.05, 3.63) is 52.5 Å². The molecule has 2 rings (SSSR count). The van der Waals surface area contributed by atoms with E-state index < -0.39 is 6.04 Å². The third kappa shape index (κ3) is 5.22. The van der Waals surface area contributed by atoms with E-state index >= 15 is 0 Å². The molecule has 0 bridgehead atoms. The lowest BCUT2D eigenvalue weighted by atomic mass is 10.2. The molecule has 0 fully saturated rings. The van der Waals surface area contributed by atoms with Gasteiger partial charge in [-0.1, -0.05) is 28.1 Å². The topological polar surface area (TPSA) is 72.0 Å². The summed E-state index contributed by atoms with van der Waals surface area (Å²) in [6.45, 7) is 1.75. The van der Waals surface area contributed by atoms with Crippen LogP contribution in [0.5, 0.6) is 11.5 Å². The Morgan fingerprint density at radius 1 is 1.16 bits per heavy atom. The number of benzene rings is 2. The molecule has 0 spiro atoms. The summed E-state index contributed by atoms with van der Waals surface area (Å²) < 4.78 is 11.4. The van der Waals surface area contributed by atoms with E-state index in [1.54, 1.807) is 21.1 Å². The molecule has 2 aromatic carbocycles. The van der Waals surface area contributed by atoms with Crippen LogP contribution in [0.15, 0.2) is 52.0 Å². The SMILES string of the molecule is COc1ccc(Br)cc1C=NNC(=O)C(C)Nc1ccccc1OC. The number of methoxy groups -OCH3 is 2. The maximum Gasteiger partial charge on any atom is 0.262 e. The molecule has 1 amide bonds. The molecule has 1 unspecified atom stereocenters. The highest BCUT2D eigenvalue weighted by Gasteiger charge is 2.13. The molecular weight excluding hydrogens is 386 g/mol. The second kappa shape index (κ2) is 9.08. The molecule has 2 aromatic rings. The van der Waals surface area contributed by atoms with Crippen LogP contribution in [-0.4, -0.2) is 32.4 Å². The molecule has 0 aliphatic carbocycles. The van der Waals surface area contributed by atoms with Crippen LogP contribution in [0.2, 0.25) is 0 Å². The minimum atomic E-state index is -0.488. The first-order valence-corrected chi connectivity index (χ1v) is 8.40. The Morgan fingerprint density at radius 3 is 2.60 bits per heavy atom. The van der Waals surface area contributed by atoms with Crippen LogP contribution in [0.3, 0.4) is 0 Å². The van der Waals surface area contributed by atoms with Gasteiger partial charge in [-0.2, -0.15) is 5.10 Å². The lowest BCUT2D eigenvalue weighted by Gasteiger charge is -2.15. The summed E-state index contributed by atoms with van der Waals surface area (Å²) in [5, 5.41) is 7.10. The van der Waals surface area contributed by atoms with E-state index in [-0.39, 0.29) is 5.91 Å². The van der Waals surface area contributed by atoms with Gasteiger partial charge >= 0.3 is 0 Å². The van der Waals surface area contributed by atoms with Crippen molar-refractivity contribution < 1.29 is 14.3 Å². The zero-order chi connectivity index (χ0) is 18.2. The Labute approximate surface area is 155 Å². The summed E-state index contributed by atoms with van der Waals surface area (Å²) in [6.07, 6.45) is 1.54. The molecule has 0 saturated carbocycles. The fourth-order valence-corrected chi connectivity index (χ4v) is 2.51. The number of nitrogens with one attached hydrogen (secondary N) is 2. The van der Waals surface area contributed by atoms with Gasteiger partial charge < -0.3 is 14.8 Å². The largest absolute Gasteiger partial charge is 0.496 e. The minimum Gasteiger partial charge on any atom is -0.496 e. The zero-order valence-corrected chi connectivity index (χ0v) is 15.8. The fraction of sp³-hybridized carbons (Fsp3) is 0.222. The standard InChI is InChI=1S/C18H20BrN3O3/c1-12(21-15-6-4-5-7-17(15)25-3)18(23)22-20-11-13-10-14(19)8-9-16(13)24-2/h4-12,21H,1-3H3,(H,22,23). The smallest absolute Gasteiger partial charge is 0.262 e. The van der Waals surface area contributed by atoms with Crippen molar-refractivity contribution in [1.29, 1.82) is 0 Å². The van der Waals surface area contributed by atoms with E-state index in [0.717, 1.165) is 15.7 Å². The average molecular weight is 406 g/mol. The Balaban J connectivity index is 1.99. The van der Waals surface area contributed by atoms with Crippen LogP contribution in [0.1, 0.15) is 12.5 Å². The van der Waals surface area contributed by atoms with Crippen molar-refractivity contribution in [1.82, 2.24) is 5.43 Å². The molecule has 0 radical (unpaired) electrons. The van der Waals surface area contributed by atoms with Gasteiger partial charge in [-0.05, 0) is 37.3 Å². The summed E-state index contributed by atoms with van der Waals surface area (Å²) in [4.78, 5) is 12.2. The van der Waals surface area contributed by atoms with Crippen LogP contribution in [-0.2, 0) is 4.79 Å². The molecule has 25 heavy (non-hydrogen) atoms. The van der Waals surface area contributed by atoms with Crippen LogP contribution in [0, 0.1) is 0 Å². The number of anilines is 1. The van der Waals surface area contributed by atoms with Gasteiger partial charge in [0.05, 0.1) is 26.1 Å². The van der Waals surface area contributed by atoms with Gasteiger partial charge in [0.15, 0.2) is 0 Å². The van der Waals surface area contributed by atoms with E-state index in [0.29, 0.717) is 11.5 Å². The molecule has 7 heteroatoms.